The van der Waals surface area contributed by atoms with Crippen molar-refractivity contribution in [3.63, 3.8) is 0 Å². The highest BCUT2D eigenvalue weighted by Gasteiger charge is 2.31. The van der Waals surface area contributed by atoms with Crippen molar-refractivity contribution in [2.75, 3.05) is 10.7 Å². The van der Waals surface area contributed by atoms with E-state index in [0.29, 0.717) is 16.7 Å². The highest BCUT2D eigenvalue weighted by Crippen LogP contribution is 2.35. The highest BCUT2D eigenvalue weighted by molar-refractivity contribution is 8.14. The summed E-state index contributed by atoms with van der Waals surface area (Å²) in [5.41, 5.74) is 3.79. The van der Waals surface area contributed by atoms with Crippen molar-refractivity contribution in [3.05, 3.63) is 90.0 Å². The van der Waals surface area contributed by atoms with Crippen LogP contribution in [0.25, 0.3) is 17.1 Å². The molecular formula is C32H32F4N6O2S. The number of thioether (sulfide) groups is 1. The summed E-state index contributed by atoms with van der Waals surface area (Å²) >= 11 is 1.50. The van der Waals surface area contributed by atoms with E-state index in [1.54, 1.807) is 12.1 Å². The number of aliphatic imine (C=N–C) groups is 1. The van der Waals surface area contributed by atoms with Gasteiger partial charge < -0.3 is 15.0 Å². The van der Waals surface area contributed by atoms with Gasteiger partial charge in [0.1, 0.15) is 17.9 Å². The zero-order valence-electron chi connectivity index (χ0n) is 25.0. The van der Waals surface area contributed by atoms with Gasteiger partial charge in [0, 0.05) is 23.0 Å². The molecule has 1 aromatic heterocycles. The van der Waals surface area contributed by atoms with Gasteiger partial charge in [-0.25, -0.2) is 18.9 Å². The fourth-order valence-corrected chi connectivity index (χ4v) is 6.18. The van der Waals surface area contributed by atoms with Gasteiger partial charge in [0.05, 0.1) is 11.7 Å². The second kappa shape index (κ2) is 13.3. The third-order valence-corrected chi connectivity index (χ3v) is 8.30. The van der Waals surface area contributed by atoms with Crippen molar-refractivity contribution in [3.8, 4) is 22.8 Å². The number of hydrogen-bond acceptors (Lipinski definition) is 5. The second-order valence-electron chi connectivity index (χ2n) is 11.0. The third kappa shape index (κ3) is 7.83. The summed E-state index contributed by atoms with van der Waals surface area (Å²) in [6.07, 6.45) is -2.40. The van der Waals surface area contributed by atoms with Crippen molar-refractivity contribution in [1.29, 1.82) is 0 Å². The molecule has 0 bridgehead atoms. The van der Waals surface area contributed by atoms with Gasteiger partial charge in [-0.3, -0.25) is 0 Å². The Labute approximate surface area is 262 Å². The minimum atomic E-state index is -4.76. The van der Waals surface area contributed by atoms with Crippen LogP contribution in [0.5, 0.6) is 5.75 Å². The normalized spacial score (nSPS) is 17.0. The molecule has 13 heteroatoms. The number of amidine groups is 1. The van der Waals surface area contributed by atoms with Crippen LogP contribution in [0, 0.1) is 5.82 Å². The molecule has 1 aliphatic heterocycles. The number of hydrogen-bond donors (Lipinski definition) is 1. The second-order valence-corrected chi connectivity index (χ2v) is 12.0. The number of aromatic nitrogens is 3. The van der Waals surface area contributed by atoms with E-state index < -0.39 is 12.4 Å². The Balaban J connectivity index is 1.26. The maximum atomic E-state index is 14.1. The molecule has 1 fully saturated rings. The van der Waals surface area contributed by atoms with Gasteiger partial charge in [-0.15, -0.1) is 18.3 Å². The smallest absolute Gasteiger partial charge is 0.406 e. The number of rotatable bonds is 7. The molecule has 0 spiro atoms. The van der Waals surface area contributed by atoms with Crippen LogP contribution in [0.3, 0.4) is 0 Å². The van der Waals surface area contributed by atoms with Gasteiger partial charge in [0.15, 0.2) is 11.0 Å². The van der Waals surface area contributed by atoms with Crippen LogP contribution in [0.4, 0.5) is 28.0 Å². The highest BCUT2D eigenvalue weighted by atomic mass is 32.2. The minimum Gasteiger partial charge on any atom is -0.406 e. The van der Waals surface area contributed by atoms with E-state index in [2.05, 4.69) is 32.1 Å². The number of carbonyl (C=O) groups excluding carboxylic acids is 1. The molecule has 3 aromatic carbocycles. The van der Waals surface area contributed by atoms with Crippen molar-refractivity contribution in [2.24, 2.45) is 4.99 Å². The standard InChI is InChI=1S/C32H32F4N6O2S/c1-19(2)27-17-24(33)9-14-28(27)42-20(3)15-16-45-31(42)39-30(43)38-21(4)22-5-7-23(8-6-22)29-37-18-41(40-29)25-10-12-26(13-11-25)44-32(34,35)36/h5-14,17-21H,15-16H2,1-4H3,(H,38,43). The molecule has 1 aliphatic rings. The van der Waals surface area contributed by atoms with Crippen LogP contribution in [0.2, 0.25) is 0 Å². The summed E-state index contributed by atoms with van der Waals surface area (Å²) in [6.45, 7) is 7.96. The van der Waals surface area contributed by atoms with E-state index in [-0.39, 0.29) is 29.6 Å². The number of amides is 2. The van der Waals surface area contributed by atoms with Crippen LogP contribution in [-0.2, 0) is 0 Å². The molecule has 1 saturated heterocycles. The maximum Gasteiger partial charge on any atom is 0.573 e. The van der Waals surface area contributed by atoms with Crippen molar-refractivity contribution < 1.29 is 27.1 Å². The summed E-state index contributed by atoms with van der Waals surface area (Å²) in [5, 5.41) is 7.94. The lowest BCUT2D eigenvalue weighted by atomic mass is 9.99. The van der Waals surface area contributed by atoms with E-state index in [1.165, 1.54) is 53.1 Å². The Morgan fingerprint density at radius 2 is 1.78 bits per heavy atom. The molecular weight excluding hydrogens is 608 g/mol. The summed E-state index contributed by atoms with van der Waals surface area (Å²) in [6, 6.07) is 16.7. The molecule has 1 N–H and O–H groups in total. The zero-order valence-corrected chi connectivity index (χ0v) is 25.9. The molecule has 45 heavy (non-hydrogen) atoms. The Kier molecular flexibility index (Phi) is 9.47. The fourth-order valence-electron chi connectivity index (χ4n) is 4.97. The Morgan fingerprint density at radius 1 is 1.07 bits per heavy atom. The number of urea groups is 1. The predicted molar refractivity (Wildman–Crippen MR) is 167 cm³/mol. The first-order chi connectivity index (χ1) is 21.4. The molecule has 2 heterocycles. The van der Waals surface area contributed by atoms with Crippen LogP contribution >= 0.6 is 11.8 Å². The number of benzene rings is 3. The Hall–Kier alpha value is -4.39. The topological polar surface area (TPSA) is 84.6 Å². The average Bonchev–Trinajstić information content (AvgIpc) is 3.48. The first-order valence-electron chi connectivity index (χ1n) is 14.4. The molecule has 2 amide bonds. The van der Waals surface area contributed by atoms with Gasteiger partial charge in [-0.1, -0.05) is 49.9 Å². The van der Waals surface area contributed by atoms with E-state index in [1.807, 2.05) is 49.9 Å². The molecule has 0 radical (unpaired) electrons. The molecule has 5 rings (SSSR count). The van der Waals surface area contributed by atoms with Crippen molar-refractivity contribution in [2.45, 2.75) is 58.5 Å². The van der Waals surface area contributed by atoms with Crippen molar-refractivity contribution >= 4 is 28.6 Å². The summed E-state index contributed by atoms with van der Waals surface area (Å²) in [4.78, 5) is 23.9. The molecule has 0 aliphatic carbocycles. The number of carbonyl (C=O) groups is 1. The molecule has 8 nitrogen and oxygen atoms in total. The van der Waals surface area contributed by atoms with E-state index in [0.717, 1.165) is 34.6 Å². The largest absolute Gasteiger partial charge is 0.573 e. The molecule has 4 aromatic rings. The third-order valence-electron chi connectivity index (χ3n) is 7.32. The Bertz CT molecular complexity index is 1670. The first kappa shape index (κ1) is 32.0. The van der Waals surface area contributed by atoms with Gasteiger partial charge >= 0.3 is 12.4 Å². The van der Waals surface area contributed by atoms with Crippen LogP contribution in [0.15, 0.2) is 78.0 Å². The number of alkyl halides is 3. The monoisotopic (exact) mass is 640 g/mol. The number of ether oxygens (including phenoxy) is 1. The van der Waals surface area contributed by atoms with Crippen LogP contribution < -0.4 is 15.0 Å². The van der Waals surface area contributed by atoms with Gasteiger partial charge in [0.2, 0.25) is 0 Å². The SMILES string of the molecule is CC(C)c1cc(F)ccc1N1C(=NC(=O)NC(C)c2ccc(-c3ncn(-c4ccc(OC(F)(F)F)cc4)n3)cc2)SCCC1C. The Morgan fingerprint density at radius 3 is 2.44 bits per heavy atom. The lowest BCUT2D eigenvalue weighted by molar-refractivity contribution is -0.274. The lowest BCUT2D eigenvalue weighted by Crippen LogP contribution is -2.42. The summed E-state index contributed by atoms with van der Waals surface area (Å²) in [7, 11) is 0. The molecule has 2 atom stereocenters. The van der Waals surface area contributed by atoms with Crippen LogP contribution in [0.1, 0.15) is 57.2 Å². The average molecular weight is 641 g/mol. The van der Waals surface area contributed by atoms with Gasteiger partial charge in [-0.2, -0.15) is 4.99 Å². The van der Waals surface area contributed by atoms with Crippen LogP contribution in [-0.4, -0.2) is 44.1 Å². The number of anilines is 1. The quantitative estimate of drug-likeness (QED) is 0.205. The predicted octanol–water partition coefficient (Wildman–Crippen LogP) is 8.25. The molecule has 236 valence electrons. The first-order valence-corrected chi connectivity index (χ1v) is 15.4. The number of nitrogens with one attached hydrogen (secondary N) is 1. The molecule has 2 unspecified atom stereocenters. The van der Waals surface area contributed by atoms with E-state index in [9.17, 15) is 22.4 Å². The lowest BCUT2D eigenvalue weighted by Gasteiger charge is -2.37. The zero-order chi connectivity index (χ0) is 32.3. The number of nitrogens with zero attached hydrogens (tertiary/aromatic N) is 5. The summed E-state index contributed by atoms with van der Waals surface area (Å²) < 4.78 is 56.7. The fraction of sp³-hybridized carbons (Fsp3) is 0.312. The summed E-state index contributed by atoms with van der Waals surface area (Å²) in [5.74, 6) is 0.705. The molecule has 0 saturated carbocycles. The maximum absolute atomic E-state index is 14.1. The van der Waals surface area contributed by atoms with Gasteiger partial charge in [0.25, 0.3) is 0 Å². The number of halogens is 4. The van der Waals surface area contributed by atoms with Crippen molar-refractivity contribution in [1.82, 2.24) is 20.1 Å². The van der Waals surface area contributed by atoms with Gasteiger partial charge in [-0.05, 0) is 79.8 Å². The van der Waals surface area contributed by atoms with E-state index >= 15 is 0 Å². The van der Waals surface area contributed by atoms with E-state index in [4.69, 9.17) is 0 Å². The minimum absolute atomic E-state index is 0.0881.